The topological polar surface area (TPSA) is 61.8 Å². The fraction of sp³-hybridized carbons (Fsp3) is 0.750. The molecule has 5 heteroatoms. The number of ketones is 1. The van der Waals surface area contributed by atoms with Crippen molar-refractivity contribution in [1.29, 1.82) is 0 Å². The Morgan fingerprint density at radius 1 is 1.38 bits per heavy atom. The van der Waals surface area contributed by atoms with E-state index in [4.69, 9.17) is 9.47 Å². The highest BCUT2D eigenvalue weighted by Crippen LogP contribution is 2.08. The molecule has 13 heavy (non-hydrogen) atoms. The average Bonchev–Trinajstić information content (AvgIpc) is 2.57. The minimum absolute atomic E-state index is 0.0567. The maximum Gasteiger partial charge on any atom is 0.374 e. The molecule has 0 bridgehead atoms. The van der Waals surface area contributed by atoms with Crippen molar-refractivity contribution in [2.75, 3.05) is 19.8 Å². The molecule has 74 valence electrons. The number of ether oxygens (including phenoxy) is 3. The van der Waals surface area contributed by atoms with Gasteiger partial charge in [-0.1, -0.05) is 0 Å². The Morgan fingerprint density at radius 2 is 2.00 bits per heavy atom. The van der Waals surface area contributed by atoms with Crippen LogP contribution in [0, 0.1) is 0 Å². The maximum atomic E-state index is 11.1. The van der Waals surface area contributed by atoms with E-state index >= 15 is 0 Å². The van der Waals surface area contributed by atoms with E-state index in [1.165, 1.54) is 0 Å². The number of esters is 1. The second-order valence-corrected chi connectivity index (χ2v) is 2.52. The van der Waals surface area contributed by atoms with E-state index in [1.54, 1.807) is 6.92 Å². The lowest BCUT2D eigenvalue weighted by Gasteiger charge is -2.06. The monoisotopic (exact) mass is 188 g/mol. The summed E-state index contributed by atoms with van der Waals surface area (Å²) in [5.41, 5.74) is 0. The van der Waals surface area contributed by atoms with Crippen molar-refractivity contribution >= 4 is 11.8 Å². The van der Waals surface area contributed by atoms with Crippen LogP contribution in [0.2, 0.25) is 0 Å². The number of hydrogen-bond donors (Lipinski definition) is 0. The normalized spacial score (nSPS) is 17.3. The lowest BCUT2D eigenvalue weighted by Crippen LogP contribution is -2.23. The van der Waals surface area contributed by atoms with Gasteiger partial charge in [-0.3, -0.25) is 4.79 Å². The first-order valence-electron chi connectivity index (χ1n) is 4.17. The van der Waals surface area contributed by atoms with Crippen LogP contribution in [0.25, 0.3) is 0 Å². The third-order valence-corrected chi connectivity index (χ3v) is 1.55. The highest BCUT2D eigenvalue weighted by molar-refractivity contribution is 6.33. The molecule has 0 unspecified atom stereocenters. The molecule has 1 heterocycles. The van der Waals surface area contributed by atoms with Gasteiger partial charge in [0.05, 0.1) is 26.2 Å². The predicted octanol–water partition coefficient (Wildman–Crippen LogP) is -0.118. The van der Waals surface area contributed by atoms with Crippen molar-refractivity contribution in [3.63, 3.8) is 0 Å². The average molecular weight is 188 g/mol. The smallest absolute Gasteiger partial charge is 0.374 e. The van der Waals surface area contributed by atoms with Crippen LogP contribution in [-0.4, -0.2) is 37.9 Å². The lowest BCUT2D eigenvalue weighted by molar-refractivity contribution is -0.156. The van der Waals surface area contributed by atoms with Crippen LogP contribution < -0.4 is 0 Å². The van der Waals surface area contributed by atoms with E-state index in [0.29, 0.717) is 13.2 Å². The third-order valence-electron chi connectivity index (χ3n) is 1.55. The molecular weight excluding hydrogens is 176 g/mol. The largest absolute Gasteiger partial charge is 0.460 e. The molecule has 0 aliphatic carbocycles. The van der Waals surface area contributed by atoms with E-state index < -0.39 is 18.0 Å². The van der Waals surface area contributed by atoms with Gasteiger partial charge in [0, 0.05) is 0 Å². The van der Waals surface area contributed by atoms with Gasteiger partial charge in [0.1, 0.15) is 0 Å². The van der Waals surface area contributed by atoms with Gasteiger partial charge < -0.3 is 14.2 Å². The van der Waals surface area contributed by atoms with E-state index in [-0.39, 0.29) is 13.0 Å². The SMILES string of the molecule is CCOC(=O)C(=O)CC1OCCO1. The maximum absolute atomic E-state index is 11.1. The van der Waals surface area contributed by atoms with Gasteiger partial charge in [0.2, 0.25) is 5.78 Å². The summed E-state index contributed by atoms with van der Waals surface area (Å²) in [4.78, 5) is 21.9. The predicted molar refractivity (Wildman–Crippen MR) is 41.9 cm³/mol. The molecule has 1 saturated heterocycles. The number of carbonyl (C=O) groups is 2. The number of Topliss-reactive ketones (excluding diaryl/α,β-unsaturated/α-hetero) is 1. The molecule has 1 fully saturated rings. The van der Waals surface area contributed by atoms with E-state index in [9.17, 15) is 9.59 Å². The summed E-state index contributed by atoms with van der Waals surface area (Å²) in [6.07, 6.45) is -0.629. The van der Waals surface area contributed by atoms with Crippen molar-refractivity contribution < 1.29 is 23.8 Å². The van der Waals surface area contributed by atoms with Crippen LogP contribution in [-0.2, 0) is 23.8 Å². The van der Waals surface area contributed by atoms with E-state index in [0.717, 1.165) is 0 Å². The Hall–Kier alpha value is -0.940. The van der Waals surface area contributed by atoms with Gasteiger partial charge in [0.25, 0.3) is 0 Å². The van der Waals surface area contributed by atoms with Crippen LogP contribution in [0.3, 0.4) is 0 Å². The quantitative estimate of drug-likeness (QED) is 0.454. The van der Waals surface area contributed by atoms with Gasteiger partial charge in [0.15, 0.2) is 6.29 Å². The molecule has 0 radical (unpaired) electrons. The summed E-state index contributed by atoms with van der Waals surface area (Å²) in [7, 11) is 0. The Morgan fingerprint density at radius 3 is 2.54 bits per heavy atom. The zero-order valence-electron chi connectivity index (χ0n) is 7.45. The van der Waals surface area contributed by atoms with Crippen molar-refractivity contribution in [3.8, 4) is 0 Å². The first-order chi connectivity index (χ1) is 6.24. The van der Waals surface area contributed by atoms with Crippen LogP contribution >= 0.6 is 0 Å². The Balaban J connectivity index is 2.27. The first-order valence-corrected chi connectivity index (χ1v) is 4.17. The zero-order chi connectivity index (χ0) is 9.68. The molecule has 1 aliphatic rings. The first kappa shape index (κ1) is 10.1. The highest BCUT2D eigenvalue weighted by Gasteiger charge is 2.24. The molecule has 0 aromatic heterocycles. The zero-order valence-corrected chi connectivity index (χ0v) is 7.45. The van der Waals surface area contributed by atoms with Crippen molar-refractivity contribution in [2.45, 2.75) is 19.6 Å². The molecule has 1 rings (SSSR count). The molecular formula is C8H12O5. The second-order valence-electron chi connectivity index (χ2n) is 2.52. The molecule has 0 aromatic rings. The molecule has 0 amide bonds. The fourth-order valence-corrected chi connectivity index (χ4v) is 0.971. The summed E-state index contributed by atoms with van der Waals surface area (Å²) in [6.45, 7) is 2.80. The summed E-state index contributed by atoms with van der Waals surface area (Å²) < 4.78 is 14.5. The minimum atomic E-state index is -0.818. The molecule has 1 aliphatic heterocycles. The van der Waals surface area contributed by atoms with Gasteiger partial charge in [-0.2, -0.15) is 0 Å². The standard InChI is InChI=1S/C8H12O5/c1-2-11-8(10)6(9)5-7-12-3-4-13-7/h7H,2-5H2,1H3. The number of carbonyl (C=O) groups excluding carboxylic acids is 2. The number of hydrogen-bond acceptors (Lipinski definition) is 5. The molecule has 0 saturated carbocycles. The van der Waals surface area contributed by atoms with E-state index in [1.807, 2.05) is 0 Å². The van der Waals surface area contributed by atoms with Crippen molar-refractivity contribution in [2.24, 2.45) is 0 Å². The van der Waals surface area contributed by atoms with Gasteiger partial charge in [-0.15, -0.1) is 0 Å². The van der Waals surface area contributed by atoms with Crippen LogP contribution in [0.5, 0.6) is 0 Å². The van der Waals surface area contributed by atoms with Gasteiger partial charge in [-0.05, 0) is 6.92 Å². The van der Waals surface area contributed by atoms with Crippen molar-refractivity contribution in [1.82, 2.24) is 0 Å². The van der Waals surface area contributed by atoms with Gasteiger partial charge in [-0.25, -0.2) is 4.79 Å². The summed E-state index contributed by atoms with van der Waals surface area (Å²) >= 11 is 0. The van der Waals surface area contributed by atoms with Crippen LogP contribution in [0.1, 0.15) is 13.3 Å². The summed E-state index contributed by atoms with van der Waals surface area (Å²) in [5, 5.41) is 0. The van der Waals surface area contributed by atoms with Crippen molar-refractivity contribution in [3.05, 3.63) is 0 Å². The van der Waals surface area contributed by atoms with Gasteiger partial charge >= 0.3 is 5.97 Å². The minimum Gasteiger partial charge on any atom is -0.460 e. The lowest BCUT2D eigenvalue weighted by atomic mass is 10.3. The molecule has 0 atom stereocenters. The van der Waals surface area contributed by atoms with Crippen LogP contribution in [0.4, 0.5) is 0 Å². The molecule has 5 nitrogen and oxygen atoms in total. The molecule has 0 N–H and O–H groups in total. The molecule has 0 aromatic carbocycles. The summed E-state index contributed by atoms with van der Waals surface area (Å²) in [6, 6.07) is 0. The van der Waals surface area contributed by atoms with Crippen LogP contribution in [0.15, 0.2) is 0 Å². The summed E-state index contributed by atoms with van der Waals surface area (Å²) in [5.74, 6) is -1.42. The fourth-order valence-electron chi connectivity index (χ4n) is 0.971. The Bertz CT molecular complexity index is 195. The third kappa shape index (κ3) is 3.12. The van der Waals surface area contributed by atoms with E-state index in [2.05, 4.69) is 4.74 Å². The highest BCUT2D eigenvalue weighted by atomic mass is 16.7. The number of rotatable bonds is 4. The Kier molecular flexibility index (Phi) is 3.85. The molecule has 0 spiro atoms. The second kappa shape index (κ2) is 4.94. The Labute approximate surface area is 76.0 Å².